The molecule has 9 heteroatoms. The molecular weight excluding hydrogens is 402 g/mol. The summed E-state index contributed by atoms with van der Waals surface area (Å²) in [5, 5.41) is 13.6. The maximum Gasteiger partial charge on any atom is 0.323 e. The Balaban J connectivity index is 1.39. The summed E-state index contributed by atoms with van der Waals surface area (Å²) in [6.07, 6.45) is 4.96. The Morgan fingerprint density at radius 3 is 2.57 bits per heavy atom. The Labute approximate surface area is 177 Å². The zero-order valence-electron chi connectivity index (χ0n) is 16.0. The Morgan fingerprint density at radius 2 is 1.80 bits per heavy atom. The molecule has 0 aliphatic carbocycles. The van der Waals surface area contributed by atoms with Gasteiger partial charge >= 0.3 is 6.03 Å². The quantitative estimate of drug-likeness (QED) is 0.422. The van der Waals surface area contributed by atoms with Gasteiger partial charge in [-0.1, -0.05) is 17.7 Å². The van der Waals surface area contributed by atoms with Crippen LogP contribution in [0.3, 0.4) is 0 Å². The first-order chi connectivity index (χ1) is 14.6. The fraction of sp³-hybridized carbons (Fsp3) is 0.0476. The standard InChI is InChI=1S/C21H18ClN7O/c1-14-17(22)4-2-5-18(14)28-21(30)27-16-8-6-15(7-9-16)26-19-12-20(24-13-23-19)29-11-3-10-25-29/h2-13H,1H3,(H,23,24,26)(H2,27,28,30). The number of carbonyl (C=O) groups excluding carboxylic acids is 1. The van der Waals surface area contributed by atoms with E-state index in [-0.39, 0.29) is 6.03 Å². The van der Waals surface area contributed by atoms with E-state index in [1.807, 2.05) is 31.3 Å². The monoisotopic (exact) mass is 419 g/mol. The van der Waals surface area contributed by atoms with E-state index in [9.17, 15) is 4.79 Å². The fourth-order valence-electron chi connectivity index (χ4n) is 2.76. The number of nitrogens with one attached hydrogen (secondary N) is 3. The molecule has 2 aromatic carbocycles. The second kappa shape index (κ2) is 8.62. The van der Waals surface area contributed by atoms with Crippen molar-refractivity contribution < 1.29 is 4.79 Å². The summed E-state index contributed by atoms with van der Waals surface area (Å²) in [6.45, 7) is 1.85. The summed E-state index contributed by atoms with van der Waals surface area (Å²) in [5.74, 6) is 1.29. The van der Waals surface area contributed by atoms with Gasteiger partial charge in [-0.15, -0.1) is 0 Å². The Morgan fingerprint density at radius 1 is 1.00 bits per heavy atom. The number of hydrogen-bond donors (Lipinski definition) is 3. The molecule has 0 aliphatic rings. The molecule has 30 heavy (non-hydrogen) atoms. The summed E-state index contributed by atoms with van der Waals surface area (Å²) in [5.41, 5.74) is 2.94. The second-order valence-electron chi connectivity index (χ2n) is 6.41. The largest absolute Gasteiger partial charge is 0.340 e. The third-order valence-corrected chi connectivity index (χ3v) is 4.73. The molecule has 0 unspecified atom stereocenters. The van der Waals surface area contributed by atoms with Gasteiger partial charge in [0.1, 0.15) is 12.1 Å². The van der Waals surface area contributed by atoms with Gasteiger partial charge < -0.3 is 16.0 Å². The van der Waals surface area contributed by atoms with Crippen molar-refractivity contribution in [2.24, 2.45) is 0 Å². The molecule has 0 spiro atoms. The van der Waals surface area contributed by atoms with Crippen LogP contribution in [0.5, 0.6) is 0 Å². The number of amides is 2. The molecule has 0 atom stereocenters. The predicted octanol–water partition coefficient (Wildman–Crippen LogP) is 5.01. The third-order valence-electron chi connectivity index (χ3n) is 4.32. The molecule has 150 valence electrons. The minimum atomic E-state index is -0.347. The molecule has 2 amide bonds. The van der Waals surface area contributed by atoms with Crippen molar-refractivity contribution in [3.8, 4) is 5.82 Å². The molecule has 2 heterocycles. The number of rotatable bonds is 5. The van der Waals surface area contributed by atoms with Crippen LogP contribution < -0.4 is 16.0 Å². The van der Waals surface area contributed by atoms with Gasteiger partial charge in [-0.3, -0.25) is 0 Å². The van der Waals surface area contributed by atoms with Crippen LogP contribution in [0.4, 0.5) is 27.7 Å². The van der Waals surface area contributed by atoms with Crippen molar-refractivity contribution in [2.75, 3.05) is 16.0 Å². The fourth-order valence-corrected chi connectivity index (χ4v) is 2.93. The summed E-state index contributed by atoms with van der Waals surface area (Å²) in [6, 6.07) is 15.9. The lowest BCUT2D eigenvalue weighted by atomic mass is 10.2. The molecule has 0 radical (unpaired) electrons. The highest BCUT2D eigenvalue weighted by Crippen LogP contribution is 2.23. The van der Waals surface area contributed by atoms with Gasteiger partial charge in [0.2, 0.25) is 0 Å². The van der Waals surface area contributed by atoms with Crippen molar-refractivity contribution in [2.45, 2.75) is 6.92 Å². The Bertz CT molecular complexity index is 1160. The number of aromatic nitrogens is 4. The zero-order valence-corrected chi connectivity index (χ0v) is 16.8. The summed E-state index contributed by atoms with van der Waals surface area (Å²) in [7, 11) is 0. The molecule has 4 rings (SSSR count). The predicted molar refractivity (Wildman–Crippen MR) is 118 cm³/mol. The van der Waals surface area contributed by atoms with Gasteiger partial charge in [0.25, 0.3) is 0 Å². The maximum absolute atomic E-state index is 12.3. The van der Waals surface area contributed by atoms with Gasteiger partial charge in [0, 0.05) is 40.5 Å². The lowest BCUT2D eigenvalue weighted by molar-refractivity contribution is 0.262. The maximum atomic E-state index is 12.3. The minimum Gasteiger partial charge on any atom is -0.340 e. The highest BCUT2D eigenvalue weighted by molar-refractivity contribution is 6.31. The molecule has 4 aromatic rings. The van der Waals surface area contributed by atoms with Crippen molar-refractivity contribution in [3.05, 3.63) is 83.9 Å². The van der Waals surface area contributed by atoms with Crippen molar-refractivity contribution in [1.82, 2.24) is 19.7 Å². The number of anilines is 4. The molecule has 0 saturated carbocycles. The van der Waals surface area contributed by atoms with Crippen LogP contribution in [-0.2, 0) is 0 Å². The van der Waals surface area contributed by atoms with Gasteiger partial charge in [-0.25, -0.2) is 19.4 Å². The number of hydrogen-bond acceptors (Lipinski definition) is 5. The normalized spacial score (nSPS) is 10.5. The first kappa shape index (κ1) is 19.4. The number of benzene rings is 2. The second-order valence-corrected chi connectivity index (χ2v) is 6.81. The van der Waals surface area contributed by atoms with Gasteiger partial charge in [0.05, 0.1) is 0 Å². The van der Waals surface area contributed by atoms with Crippen molar-refractivity contribution in [3.63, 3.8) is 0 Å². The molecule has 8 nitrogen and oxygen atoms in total. The third kappa shape index (κ3) is 4.56. The molecule has 0 aliphatic heterocycles. The summed E-state index contributed by atoms with van der Waals surface area (Å²) >= 11 is 6.09. The first-order valence-electron chi connectivity index (χ1n) is 9.11. The van der Waals surface area contributed by atoms with Crippen LogP contribution in [0.25, 0.3) is 5.82 Å². The highest BCUT2D eigenvalue weighted by atomic mass is 35.5. The van der Waals surface area contributed by atoms with E-state index in [2.05, 4.69) is 31.0 Å². The summed E-state index contributed by atoms with van der Waals surface area (Å²) in [4.78, 5) is 20.7. The van der Waals surface area contributed by atoms with E-state index >= 15 is 0 Å². The first-order valence-corrected chi connectivity index (χ1v) is 9.48. The number of urea groups is 1. The molecule has 3 N–H and O–H groups in total. The smallest absolute Gasteiger partial charge is 0.323 e. The topological polar surface area (TPSA) is 96.8 Å². The minimum absolute atomic E-state index is 0.347. The molecule has 2 aromatic heterocycles. The van der Waals surface area contributed by atoms with Crippen LogP contribution in [0.1, 0.15) is 5.56 Å². The SMILES string of the molecule is Cc1c(Cl)cccc1NC(=O)Nc1ccc(Nc2cc(-n3cccn3)ncn2)cc1. The lowest BCUT2D eigenvalue weighted by Gasteiger charge is -2.11. The van der Waals surface area contributed by atoms with E-state index in [1.165, 1.54) is 6.33 Å². The van der Waals surface area contributed by atoms with Gasteiger partial charge in [0.15, 0.2) is 5.82 Å². The highest BCUT2D eigenvalue weighted by Gasteiger charge is 2.07. The van der Waals surface area contributed by atoms with Crippen molar-refractivity contribution >= 4 is 40.5 Å². The summed E-state index contributed by atoms with van der Waals surface area (Å²) < 4.78 is 1.65. The van der Waals surface area contributed by atoms with Gasteiger partial charge in [-0.2, -0.15) is 5.10 Å². The number of carbonyl (C=O) groups is 1. The van der Waals surface area contributed by atoms with Gasteiger partial charge in [-0.05, 0) is 55.0 Å². The van der Waals surface area contributed by atoms with E-state index in [0.29, 0.717) is 28.0 Å². The van der Waals surface area contributed by atoms with E-state index in [0.717, 1.165) is 11.3 Å². The average molecular weight is 420 g/mol. The van der Waals surface area contributed by atoms with Crippen LogP contribution in [0, 0.1) is 6.92 Å². The zero-order chi connectivity index (χ0) is 20.9. The van der Waals surface area contributed by atoms with E-state index < -0.39 is 0 Å². The number of nitrogens with zero attached hydrogens (tertiary/aromatic N) is 4. The van der Waals surface area contributed by atoms with Crippen LogP contribution in [0.2, 0.25) is 5.02 Å². The Kier molecular flexibility index (Phi) is 5.58. The van der Waals surface area contributed by atoms with Crippen molar-refractivity contribution in [1.29, 1.82) is 0 Å². The number of halogens is 1. The molecule has 0 fully saturated rings. The Hall–Kier alpha value is -3.91. The molecular formula is C21H18ClN7O. The van der Waals surface area contributed by atoms with Crippen LogP contribution >= 0.6 is 11.6 Å². The van der Waals surface area contributed by atoms with E-state index in [4.69, 9.17) is 11.6 Å². The molecule has 0 bridgehead atoms. The van der Waals surface area contributed by atoms with Crippen LogP contribution in [-0.4, -0.2) is 25.8 Å². The average Bonchev–Trinajstić information content (AvgIpc) is 3.28. The molecule has 0 saturated heterocycles. The van der Waals surface area contributed by atoms with Crippen LogP contribution in [0.15, 0.2) is 73.3 Å². The lowest BCUT2D eigenvalue weighted by Crippen LogP contribution is -2.19. The van der Waals surface area contributed by atoms with E-state index in [1.54, 1.807) is 47.3 Å².